The van der Waals surface area contributed by atoms with Crippen LogP contribution < -0.4 is 16.4 Å². The standard InChI is InChI=1S/C24H23N9O/c1-14-26-19(12-20(25)27-14)23-24(29-21-10-11-32(3)31-21)30-22-9-6-17(13-33(22)23)16-4-7-18(8-5-16)28-15(2)34/h4-13H,1-3H3,(H,28,34)(H,29,31)(H2,25,26,27). The zero-order chi connectivity index (χ0) is 23.8. The van der Waals surface area contributed by atoms with Crippen molar-refractivity contribution in [2.24, 2.45) is 7.05 Å². The Morgan fingerprint density at radius 3 is 2.44 bits per heavy atom. The predicted octanol–water partition coefficient (Wildman–Crippen LogP) is 3.78. The van der Waals surface area contributed by atoms with Gasteiger partial charge in [-0.15, -0.1) is 0 Å². The summed E-state index contributed by atoms with van der Waals surface area (Å²) in [5, 5.41) is 10.5. The molecule has 4 heterocycles. The molecule has 4 aromatic heterocycles. The normalized spacial score (nSPS) is 11.0. The molecule has 0 spiro atoms. The highest BCUT2D eigenvalue weighted by molar-refractivity contribution is 5.89. The van der Waals surface area contributed by atoms with E-state index in [1.54, 1.807) is 17.7 Å². The number of hydrogen-bond donors (Lipinski definition) is 3. The highest BCUT2D eigenvalue weighted by Gasteiger charge is 2.18. The van der Waals surface area contributed by atoms with E-state index in [4.69, 9.17) is 10.7 Å². The molecule has 0 atom stereocenters. The zero-order valence-electron chi connectivity index (χ0n) is 18.9. The number of aryl methyl sites for hydroxylation is 2. The van der Waals surface area contributed by atoms with E-state index >= 15 is 0 Å². The highest BCUT2D eigenvalue weighted by Crippen LogP contribution is 2.32. The van der Waals surface area contributed by atoms with Crippen LogP contribution in [-0.4, -0.2) is 35.0 Å². The second-order valence-electron chi connectivity index (χ2n) is 7.94. The highest BCUT2D eigenvalue weighted by atomic mass is 16.1. The minimum Gasteiger partial charge on any atom is -0.384 e. The van der Waals surface area contributed by atoms with Gasteiger partial charge in [-0.1, -0.05) is 12.1 Å². The van der Waals surface area contributed by atoms with Crippen LogP contribution in [0.2, 0.25) is 0 Å². The van der Waals surface area contributed by atoms with Crippen molar-refractivity contribution < 1.29 is 4.79 Å². The van der Waals surface area contributed by atoms with Crippen molar-refractivity contribution in [3.05, 3.63) is 66.7 Å². The number of nitrogens with one attached hydrogen (secondary N) is 2. The van der Waals surface area contributed by atoms with Gasteiger partial charge in [-0.05, 0) is 42.3 Å². The first-order valence-corrected chi connectivity index (χ1v) is 10.6. The number of carbonyl (C=O) groups excluding carboxylic acids is 1. The summed E-state index contributed by atoms with van der Waals surface area (Å²) in [5.41, 5.74) is 10.9. The van der Waals surface area contributed by atoms with Crippen LogP contribution in [0.25, 0.3) is 28.2 Å². The SMILES string of the molecule is CC(=O)Nc1ccc(-c2ccc3nc(Nc4ccn(C)n4)c(-c4cc(N)nc(C)n4)n3c2)cc1. The second-order valence-corrected chi connectivity index (χ2v) is 7.94. The van der Waals surface area contributed by atoms with Crippen molar-refractivity contribution in [2.75, 3.05) is 16.4 Å². The average molecular weight is 454 g/mol. The molecular weight excluding hydrogens is 430 g/mol. The summed E-state index contributed by atoms with van der Waals surface area (Å²) in [6, 6.07) is 15.2. The van der Waals surface area contributed by atoms with E-state index < -0.39 is 0 Å². The average Bonchev–Trinajstić information content (AvgIpc) is 3.35. The number of aromatic nitrogens is 6. The maximum Gasteiger partial charge on any atom is 0.221 e. The Bertz CT molecular complexity index is 1500. The number of pyridine rings is 1. The van der Waals surface area contributed by atoms with Crippen molar-refractivity contribution in [1.29, 1.82) is 0 Å². The molecule has 0 aliphatic carbocycles. The smallest absolute Gasteiger partial charge is 0.221 e. The van der Waals surface area contributed by atoms with Gasteiger partial charge in [-0.25, -0.2) is 15.0 Å². The number of amides is 1. The molecule has 4 N–H and O–H groups in total. The van der Waals surface area contributed by atoms with Crippen LogP contribution in [0.1, 0.15) is 12.7 Å². The van der Waals surface area contributed by atoms with Crippen molar-refractivity contribution in [1.82, 2.24) is 29.1 Å². The van der Waals surface area contributed by atoms with Crippen LogP contribution in [-0.2, 0) is 11.8 Å². The Balaban J connectivity index is 1.64. The Morgan fingerprint density at radius 1 is 1.00 bits per heavy atom. The van der Waals surface area contributed by atoms with Crippen LogP contribution in [0.5, 0.6) is 0 Å². The van der Waals surface area contributed by atoms with Crippen molar-refractivity contribution >= 4 is 34.7 Å². The Hall–Kier alpha value is -4.73. The maximum absolute atomic E-state index is 11.3. The Morgan fingerprint density at radius 2 is 1.76 bits per heavy atom. The summed E-state index contributed by atoms with van der Waals surface area (Å²) < 4.78 is 3.69. The van der Waals surface area contributed by atoms with Gasteiger partial charge in [0.05, 0.1) is 5.69 Å². The number of carbonyl (C=O) groups is 1. The maximum atomic E-state index is 11.3. The molecule has 170 valence electrons. The third-order valence-electron chi connectivity index (χ3n) is 5.22. The fourth-order valence-electron chi connectivity index (χ4n) is 3.81. The van der Waals surface area contributed by atoms with E-state index in [1.165, 1.54) is 6.92 Å². The molecule has 0 radical (unpaired) electrons. The lowest BCUT2D eigenvalue weighted by molar-refractivity contribution is -0.114. The number of imidazole rings is 1. The lowest BCUT2D eigenvalue weighted by Crippen LogP contribution is -2.05. The molecule has 0 saturated carbocycles. The molecule has 0 bridgehead atoms. The van der Waals surface area contributed by atoms with Crippen LogP contribution in [0.3, 0.4) is 0 Å². The summed E-state index contributed by atoms with van der Waals surface area (Å²) in [4.78, 5) is 24.9. The van der Waals surface area contributed by atoms with Gasteiger partial charge >= 0.3 is 0 Å². The molecule has 5 aromatic rings. The van der Waals surface area contributed by atoms with E-state index in [1.807, 2.05) is 66.3 Å². The number of nitrogens with two attached hydrogens (primary N) is 1. The van der Waals surface area contributed by atoms with E-state index in [2.05, 4.69) is 25.7 Å². The molecule has 1 aromatic carbocycles. The Labute approximate surface area is 195 Å². The number of nitrogen functional groups attached to an aromatic ring is 1. The zero-order valence-corrected chi connectivity index (χ0v) is 18.9. The fourth-order valence-corrected chi connectivity index (χ4v) is 3.81. The first-order chi connectivity index (χ1) is 16.4. The largest absolute Gasteiger partial charge is 0.384 e. The van der Waals surface area contributed by atoms with Gasteiger partial charge in [0.2, 0.25) is 5.91 Å². The number of hydrogen-bond acceptors (Lipinski definition) is 7. The van der Waals surface area contributed by atoms with Gasteiger partial charge in [0.25, 0.3) is 0 Å². The topological polar surface area (TPSA) is 128 Å². The van der Waals surface area contributed by atoms with Crippen molar-refractivity contribution in [3.8, 4) is 22.5 Å². The molecule has 5 rings (SSSR count). The number of rotatable bonds is 5. The summed E-state index contributed by atoms with van der Waals surface area (Å²) in [6.45, 7) is 3.29. The molecule has 0 saturated heterocycles. The van der Waals surface area contributed by atoms with E-state index in [0.717, 1.165) is 28.2 Å². The molecule has 10 nitrogen and oxygen atoms in total. The fraction of sp³-hybridized carbons (Fsp3) is 0.125. The van der Waals surface area contributed by atoms with Gasteiger partial charge < -0.3 is 16.4 Å². The molecule has 0 aliphatic rings. The lowest BCUT2D eigenvalue weighted by Gasteiger charge is -2.09. The molecule has 0 aliphatic heterocycles. The van der Waals surface area contributed by atoms with Crippen LogP contribution in [0, 0.1) is 6.92 Å². The minimum absolute atomic E-state index is 0.107. The van der Waals surface area contributed by atoms with Crippen molar-refractivity contribution in [3.63, 3.8) is 0 Å². The van der Waals surface area contributed by atoms with E-state index in [9.17, 15) is 4.79 Å². The number of nitrogens with zero attached hydrogens (tertiary/aromatic N) is 6. The summed E-state index contributed by atoms with van der Waals surface area (Å²) in [7, 11) is 1.85. The molecular formula is C24H23N9O. The quantitative estimate of drug-likeness (QED) is 0.369. The number of anilines is 4. The first kappa shape index (κ1) is 21.1. The van der Waals surface area contributed by atoms with Gasteiger partial charge in [-0.3, -0.25) is 13.9 Å². The van der Waals surface area contributed by atoms with Crippen LogP contribution >= 0.6 is 0 Å². The Kier molecular flexibility index (Phi) is 5.17. The monoisotopic (exact) mass is 453 g/mol. The number of benzene rings is 1. The van der Waals surface area contributed by atoms with E-state index in [0.29, 0.717) is 29.0 Å². The summed E-state index contributed by atoms with van der Waals surface area (Å²) in [5.74, 6) is 2.11. The number of fused-ring (bicyclic) bond motifs is 1. The second kappa shape index (κ2) is 8.32. The van der Waals surface area contributed by atoms with Gasteiger partial charge in [0, 0.05) is 44.2 Å². The molecule has 1 amide bonds. The minimum atomic E-state index is -0.107. The van der Waals surface area contributed by atoms with Crippen LogP contribution in [0.4, 0.5) is 23.1 Å². The summed E-state index contributed by atoms with van der Waals surface area (Å²) >= 11 is 0. The summed E-state index contributed by atoms with van der Waals surface area (Å²) in [6.07, 6.45) is 3.86. The lowest BCUT2D eigenvalue weighted by atomic mass is 10.1. The molecule has 34 heavy (non-hydrogen) atoms. The predicted molar refractivity (Wildman–Crippen MR) is 132 cm³/mol. The van der Waals surface area contributed by atoms with Crippen molar-refractivity contribution in [2.45, 2.75) is 13.8 Å². The molecule has 10 heteroatoms. The van der Waals surface area contributed by atoms with E-state index in [-0.39, 0.29) is 5.91 Å². The van der Waals surface area contributed by atoms with Gasteiger partial charge in [0.1, 0.15) is 23.0 Å². The first-order valence-electron chi connectivity index (χ1n) is 10.6. The molecule has 0 unspecified atom stereocenters. The third-order valence-corrected chi connectivity index (χ3v) is 5.22. The van der Waals surface area contributed by atoms with Gasteiger partial charge in [-0.2, -0.15) is 5.10 Å². The molecule has 0 fully saturated rings. The van der Waals surface area contributed by atoms with Gasteiger partial charge in [0.15, 0.2) is 11.6 Å². The van der Waals surface area contributed by atoms with Crippen LogP contribution in [0.15, 0.2) is 60.9 Å². The third kappa shape index (κ3) is 4.16.